The van der Waals surface area contributed by atoms with Gasteiger partial charge in [0.2, 0.25) is 0 Å². The van der Waals surface area contributed by atoms with E-state index in [9.17, 15) is 9.59 Å². The lowest BCUT2D eigenvalue weighted by molar-refractivity contribution is -0.135. The van der Waals surface area contributed by atoms with E-state index in [1.165, 1.54) is 0 Å². The van der Waals surface area contributed by atoms with E-state index in [-0.39, 0.29) is 6.54 Å². The van der Waals surface area contributed by atoms with Crippen molar-refractivity contribution in [2.45, 2.75) is 20.3 Å². The van der Waals surface area contributed by atoms with Gasteiger partial charge in [-0.3, -0.25) is 4.79 Å². The number of hydrogen-bond donors (Lipinski definition) is 3. The largest absolute Gasteiger partial charge is 0.480 e. The summed E-state index contributed by atoms with van der Waals surface area (Å²) in [5.74, 6) is -0.509. The molecule has 0 aromatic carbocycles. The maximum absolute atomic E-state index is 11.0. The van der Waals surface area contributed by atoms with Gasteiger partial charge in [-0.25, -0.2) is 4.79 Å². The van der Waals surface area contributed by atoms with Gasteiger partial charge < -0.3 is 15.7 Å². The number of carboxylic acid groups (broad SMARTS) is 1. The minimum absolute atomic E-state index is 0.333. The van der Waals surface area contributed by atoms with Gasteiger partial charge in [0.05, 0.1) is 0 Å². The SMILES string of the molecule is CC1(C)CC1CNC(=O)NCC(=O)O. The van der Waals surface area contributed by atoms with E-state index >= 15 is 0 Å². The second kappa shape index (κ2) is 3.86. The molecule has 0 aromatic heterocycles. The highest BCUT2D eigenvalue weighted by molar-refractivity contribution is 5.79. The van der Waals surface area contributed by atoms with Crippen LogP contribution < -0.4 is 10.6 Å². The highest BCUT2D eigenvalue weighted by atomic mass is 16.4. The first-order valence-electron chi connectivity index (χ1n) is 4.65. The van der Waals surface area contributed by atoms with E-state index in [4.69, 9.17) is 5.11 Å². The van der Waals surface area contributed by atoms with Crippen LogP contribution in [-0.2, 0) is 4.79 Å². The second-order valence-corrected chi connectivity index (χ2v) is 4.35. The van der Waals surface area contributed by atoms with Crippen molar-refractivity contribution in [3.8, 4) is 0 Å². The Labute approximate surface area is 82.9 Å². The molecular formula is C9H16N2O3. The van der Waals surface area contributed by atoms with Gasteiger partial charge in [0.1, 0.15) is 6.54 Å². The summed E-state index contributed by atoms with van der Waals surface area (Å²) >= 11 is 0. The van der Waals surface area contributed by atoms with E-state index in [1.807, 2.05) is 0 Å². The number of amides is 2. The van der Waals surface area contributed by atoms with Crippen LogP contribution in [0.3, 0.4) is 0 Å². The van der Waals surface area contributed by atoms with Crippen LogP contribution in [0.15, 0.2) is 0 Å². The quantitative estimate of drug-likeness (QED) is 0.615. The molecule has 0 heterocycles. The lowest BCUT2D eigenvalue weighted by atomic mass is 10.1. The molecule has 3 N–H and O–H groups in total. The first-order chi connectivity index (χ1) is 6.42. The van der Waals surface area contributed by atoms with Crippen LogP contribution in [-0.4, -0.2) is 30.2 Å². The highest BCUT2D eigenvalue weighted by Crippen LogP contribution is 2.50. The Morgan fingerprint density at radius 3 is 2.43 bits per heavy atom. The van der Waals surface area contributed by atoms with Gasteiger partial charge in [0, 0.05) is 6.54 Å². The molecule has 1 saturated carbocycles. The van der Waals surface area contributed by atoms with Crippen molar-refractivity contribution in [2.24, 2.45) is 11.3 Å². The zero-order chi connectivity index (χ0) is 10.8. The molecule has 14 heavy (non-hydrogen) atoms. The molecule has 1 unspecified atom stereocenters. The van der Waals surface area contributed by atoms with Crippen molar-refractivity contribution in [1.82, 2.24) is 10.6 Å². The molecule has 80 valence electrons. The Kier molecular flexibility index (Phi) is 2.98. The molecule has 1 aliphatic carbocycles. The topological polar surface area (TPSA) is 78.4 Å². The third-order valence-corrected chi connectivity index (χ3v) is 2.63. The predicted octanol–water partition coefficient (Wildman–Crippen LogP) is 0.416. The molecule has 2 amide bonds. The summed E-state index contributed by atoms with van der Waals surface area (Å²) in [6, 6.07) is -0.407. The molecule has 0 bridgehead atoms. The summed E-state index contributed by atoms with van der Waals surface area (Å²) in [7, 11) is 0. The van der Waals surface area contributed by atoms with Crippen molar-refractivity contribution < 1.29 is 14.7 Å². The summed E-state index contributed by atoms with van der Waals surface area (Å²) in [5, 5.41) is 13.2. The van der Waals surface area contributed by atoms with Crippen molar-refractivity contribution in [1.29, 1.82) is 0 Å². The van der Waals surface area contributed by atoms with E-state index in [2.05, 4.69) is 24.5 Å². The molecule has 5 nitrogen and oxygen atoms in total. The molecule has 1 atom stereocenters. The Morgan fingerprint density at radius 2 is 2.00 bits per heavy atom. The molecule has 1 fully saturated rings. The number of carbonyl (C=O) groups is 2. The minimum Gasteiger partial charge on any atom is -0.480 e. The van der Waals surface area contributed by atoms with Gasteiger partial charge in [-0.2, -0.15) is 0 Å². The lowest BCUT2D eigenvalue weighted by Gasteiger charge is -2.06. The van der Waals surface area contributed by atoms with Gasteiger partial charge in [0.25, 0.3) is 0 Å². The maximum Gasteiger partial charge on any atom is 0.323 e. The van der Waals surface area contributed by atoms with Crippen LogP contribution in [0.4, 0.5) is 4.79 Å². The summed E-state index contributed by atoms with van der Waals surface area (Å²) in [4.78, 5) is 21.1. The van der Waals surface area contributed by atoms with E-state index in [0.717, 1.165) is 6.42 Å². The molecule has 0 spiro atoms. The smallest absolute Gasteiger partial charge is 0.323 e. The number of rotatable bonds is 4. The van der Waals surface area contributed by atoms with E-state index in [1.54, 1.807) is 0 Å². The van der Waals surface area contributed by atoms with Crippen molar-refractivity contribution >= 4 is 12.0 Å². The Balaban J connectivity index is 2.07. The summed E-state index contributed by atoms with van der Waals surface area (Å²) < 4.78 is 0. The lowest BCUT2D eigenvalue weighted by Crippen LogP contribution is -2.39. The number of hydrogen-bond acceptors (Lipinski definition) is 2. The van der Waals surface area contributed by atoms with Crippen molar-refractivity contribution in [3.63, 3.8) is 0 Å². The summed E-state index contributed by atoms with van der Waals surface area (Å²) in [5.41, 5.74) is 0.333. The van der Waals surface area contributed by atoms with Gasteiger partial charge in [-0.05, 0) is 17.8 Å². The number of nitrogens with one attached hydrogen (secondary N) is 2. The molecule has 0 aromatic rings. The Morgan fingerprint density at radius 1 is 1.43 bits per heavy atom. The summed E-state index contributed by atoms with van der Waals surface area (Å²) in [6.07, 6.45) is 1.12. The molecule has 1 aliphatic rings. The first-order valence-corrected chi connectivity index (χ1v) is 4.65. The molecule has 0 aliphatic heterocycles. The summed E-state index contributed by atoms with van der Waals surface area (Å²) in [6.45, 7) is 4.58. The zero-order valence-electron chi connectivity index (χ0n) is 8.46. The number of urea groups is 1. The molecule has 1 rings (SSSR count). The number of aliphatic carboxylic acids is 1. The van der Waals surface area contributed by atoms with Crippen molar-refractivity contribution in [3.05, 3.63) is 0 Å². The molecule has 0 saturated heterocycles. The molecule has 5 heteroatoms. The first kappa shape index (κ1) is 10.8. The number of carboxylic acids is 1. The molecular weight excluding hydrogens is 184 g/mol. The maximum atomic E-state index is 11.0. The number of carbonyl (C=O) groups excluding carboxylic acids is 1. The van der Waals surface area contributed by atoms with Crippen LogP contribution in [0.2, 0.25) is 0 Å². The van der Waals surface area contributed by atoms with Gasteiger partial charge in [-0.1, -0.05) is 13.8 Å². The zero-order valence-corrected chi connectivity index (χ0v) is 8.46. The van der Waals surface area contributed by atoms with Crippen molar-refractivity contribution in [2.75, 3.05) is 13.1 Å². The average molecular weight is 200 g/mol. The van der Waals surface area contributed by atoms with Crippen LogP contribution in [0, 0.1) is 11.3 Å². The van der Waals surface area contributed by atoms with Crippen LogP contribution >= 0.6 is 0 Å². The predicted molar refractivity (Wildman–Crippen MR) is 50.9 cm³/mol. The van der Waals surface area contributed by atoms with E-state index in [0.29, 0.717) is 17.9 Å². The van der Waals surface area contributed by atoms with Crippen LogP contribution in [0.25, 0.3) is 0 Å². The monoisotopic (exact) mass is 200 g/mol. The minimum atomic E-state index is -1.04. The van der Waals surface area contributed by atoms with Gasteiger partial charge in [0.15, 0.2) is 0 Å². The van der Waals surface area contributed by atoms with E-state index < -0.39 is 12.0 Å². The fourth-order valence-corrected chi connectivity index (χ4v) is 1.36. The van der Waals surface area contributed by atoms with Gasteiger partial charge >= 0.3 is 12.0 Å². The fourth-order valence-electron chi connectivity index (χ4n) is 1.36. The standard InChI is InChI=1S/C9H16N2O3/c1-9(2)3-6(9)4-10-8(14)11-5-7(12)13/h6H,3-5H2,1-2H3,(H,12,13)(H2,10,11,14). The third kappa shape index (κ3) is 3.24. The normalized spacial score (nSPS) is 22.6. The second-order valence-electron chi connectivity index (χ2n) is 4.35. The average Bonchev–Trinajstić information content (AvgIpc) is 2.67. The van der Waals surface area contributed by atoms with Crippen LogP contribution in [0.1, 0.15) is 20.3 Å². The Hall–Kier alpha value is -1.26. The highest BCUT2D eigenvalue weighted by Gasteiger charge is 2.45. The molecule has 0 radical (unpaired) electrons. The third-order valence-electron chi connectivity index (χ3n) is 2.63. The van der Waals surface area contributed by atoms with Gasteiger partial charge in [-0.15, -0.1) is 0 Å². The fraction of sp³-hybridized carbons (Fsp3) is 0.778. The van der Waals surface area contributed by atoms with Crippen LogP contribution in [0.5, 0.6) is 0 Å². The Bertz CT molecular complexity index is 250.